The molecule has 4 nitrogen and oxygen atoms in total. The van der Waals surface area contributed by atoms with E-state index >= 15 is 0 Å². The number of hydrogen-bond acceptors (Lipinski definition) is 3. The SMILES string of the molecule is COC(=O)CN(C(C)=O)c1ccccc1. The number of ether oxygens (including phenoxy) is 1. The summed E-state index contributed by atoms with van der Waals surface area (Å²) in [5.41, 5.74) is 0.690. The van der Waals surface area contributed by atoms with Gasteiger partial charge in [-0.1, -0.05) is 18.2 Å². The zero-order valence-electron chi connectivity index (χ0n) is 8.77. The van der Waals surface area contributed by atoms with Crippen molar-refractivity contribution in [3.05, 3.63) is 30.3 Å². The summed E-state index contributed by atoms with van der Waals surface area (Å²) in [6.07, 6.45) is 0. The van der Waals surface area contributed by atoms with E-state index in [9.17, 15) is 9.59 Å². The van der Waals surface area contributed by atoms with Crippen LogP contribution in [0, 0.1) is 0 Å². The van der Waals surface area contributed by atoms with Crippen LogP contribution in [0.2, 0.25) is 0 Å². The van der Waals surface area contributed by atoms with Gasteiger partial charge in [0.1, 0.15) is 6.54 Å². The zero-order valence-corrected chi connectivity index (χ0v) is 8.77. The third-order valence-corrected chi connectivity index (χ3v) is 1.96. The lowest BCUT2D eigenvalue weighted by molar-refractivity contribution is -0.139. The summed E-state index contributed by atoms with van der Waals surface area (Å²) < 4.78 is 4.52. The summed E-state index contributed by atoms with van der Waals surface area (Å²) in [5.74, 6) is -0.624. The van der Waals surface area contributed by atoms with Crippen molar-refractivity contribution in [3.63, 3.8) is 0 Å². The predicted molar refractivity (Wildman–Crippen MR) is 56.5 cm³/mol. The zero-order chi connectivity index (χ0) is 11.3. The maximum absolute atomic E-state index is 11.3. The number of nitrogens with zero attached hydrogens (tertiary/aromatic N) is 1. The van der Waals surface area contributed by atoms with Gasteiger partial charge in [0.15, 0.2) is 0 Å². The quantitative estimate of drug-likeness (QED) is 0.700. The third kappa shape index (κ3) is 3.09. The van der Waals surface area contributed by atoms with Crippen LogP contribution < -0.4 is 4.90 Å². The molecular weight excluding hydrogens is 194 g/mol. The minimum atomic E-state index is -0.436. The second-order valence-electron chi connectivity index (χ2n) is 3.02. The molecule has 0 aliphatic carbocycles. The number of methoxy groups -OCH3 is 1. The van der Waals surface area contributed by atoms with E-state index in [4.69, 9.17) is 0 Å². The highest BCUT2D eigenvalue weighted by molar-refractivity contribution is 5.96. The molecule has 0 radical (unpaired) electrons. The summed E-state index contributed by atoms with van der Waals surface area (Å²) in [5, 5.41) is 0. The van der Waals surface area contributed by atoms with Gasteiger partial charge in [0.25, 0.3) is 0 Å². The Bertz CT molecular complexity index is 348. The number of rotatable bonds is 3. The molecular formula is C11H13NO3. The maximum Gasteiger partial charge on any atom is 0.325 e. The van der Waals surface area contributed by atoms with Crippen molar-refractivity contribution < 1.29 is 14.3 Å². The van der Waals surface area contributed by atoms with Gasteiger partial charge in [-0.3, -0.25) is 9.59 Å². The third-order valence-electron chi connectivity index (χ3n) is 1.96. The lowest BCUT2D eigenvalue weighted by atomic mass is 10.3. The van der Waals surface area contributed by atoms with Crippen molar-refractivity contribution in [1.29, 1.82) is 0 Å². The van der Waals surface area contributed by atoms with E-state index in [1.54, 1.807) is 12.1 Å². The number of anilines is 1. The smallest absolute Gasteiger partial charge is 0.325 e. The summed E-state index contributed by atoms with van der Waals surface area (Å²) in [6.45, 7) is 1.35. The molecule has 1 rings (SSSR count). The molecule has 0 aliphatic heterocycles. The van der Waals surface area contributed by atoms with Crippen LogP contribution in [-0.4, -0.2) is 25.5 Å². The molecule has 4 heteroatoms. The van der Waals surface area contributed by atoms with Gasteiger partial charge in [-0.2, -0.15) is 0 Å². The van der Waals surface area contributed by atoms with Crippen molar-refractivity contribution >= 4 is 17.6 Å². The van der Waals surface area contributed by atoms with Gasteiger partial charge < -0.3 is 9.64 Å². The molecule has 0 aliphatic rings. The Hall–Kier alpha value is -1.84. The van der Waals surface area contributed by atoms with E-state index in [0.717, 1.165) is 0 Å². The van der Waals surface area contributed by atoms with Crippen molar-refractivity contribution in [2.75, 3.05) is 18.6 Å². The largest absolute Gasteiger partial charge is 0.468 e. The monoisotopic (exact) mass is 207 g/mol. The minimum absolute atomic E-state index is 0.0597. The molecule has 0 fully saturated rings. The van der Waals surface area contributed by atoms with Gasteiger partial charge in [0.2, 0.25) is 5.91 Å². The van der Waals surface area contributed by atoms with Crippen molar-refractivity contribution in [3.8, 4) is 0 Å². The van der Waals surface area contributed by atoms with Crippen LogP contribution in [0.3, 0.4) is 0 Å². The van der Waals surface area contributed by atoms with Gasteiger partial charge in [0.05, 0.1) is 7.11 Å². The molecule has 0 bridgehead atoms. The summed E-state index contributed by atoms with van der Waals surface area (Å²) in [4.78, 5) is 23.8. The van der Waals surface area contributed by atoms with E-state index in [2.05, 4.69) is 4.74 Å². The van der Waals surface area contributed by atoms with E-state index in [-0.39, 0.29) is 12.5 Å². The first-order chi connectivity index (χ1) is 7.15. The number of amides is 1. The molecule has 0 spiro atoms. The molecule has 1 aromatic carbocycles. The number of carbonyl (C=O) groups is 2. The average molecular weight is 207 g/mol. The molecule has 15 heavy (non-hydrogen) atoms. The van der Waals surface area contributed by atoms with Crippen molar-refractivity contribution in [2.45, 2.75) is 6.92 Å². The Morgan fingerprint density at radius 1 is 1.27 bits per heavy atom. The van der Waals surface area contributed by atoms with Crippen LogP contribution in [0.5, 0.6) is 0 Å². The lowest BCUT2D eigenvalue weighted by Gasteiger charge is -2.19. The van der Waals surface area contributed by atoms with Crippen molar-refractivity contribution in [1.82, 2.24) is 0 Å². The van der Waals surface area contributed by atoms with Crippen LogP contribution in [0.25, 0.3) is 0 Å². The molecule has 0 saturated heterocycles. The van der Waals surface area contributed by atoms with Gasteiger partial charge in [-0.05, 0) is 12.1 Å². The van der Waals surface area contributed by atoms with Crippen LogP contribution in [0.15, 0.2) is 30.3 Å². The molecule has 1 aromatic rings. The Kier molecular flexibility index (Phi) is 3.85. The number of hydrogen-bond donors (Lipinski definition) is 0. The van der Waals surface area contributed by atoms with E-state index in [1.807, 2.05) is 18.2 Å². The number of benzene rings is 1. The topological polar surface area (TPSA) is 46.6 Å². The summed E-state index contributed by atoms with van der Waals surface area (Å²) in [7, 11) is 1.30. The second-order valence-corrected chi connectivity index (χ2v) is 3.02. The Labute approximate surface area is 88.5 Å². The molecule has 1 amide bonds. The first-order valence-corrected chi connectivity index (χ1v) is 4.55. The fourth-order valence-corrected chi connectivity index (χ4v) is 1.19. The number of para-hydroxylation sites is 1. The van der Waals surface area contributed by atoms with Gasteiger partial charge in [0, 0.05) is 12.6 Å². The van der Waals surface area contributed by atoms with E-state index in [1.165, 1.54) is 18.9 Å². The Morgan fingerprint density at radius 2 is 1.87 bits per heavy atom. The van der Waals surface area contributed by atoms with Crippen LogP contribution in [0.4, 0.5) is 5.69 Å². The normalized spacial score (nSPS) is 9.47. The minimum Gasteiger partial charge on any atom is -0.468 e. The second kappa shape index (κ2) is 5.14. The van der Waals surface area contributed by atoms with Crippen LogP contribution in [-0.2, 0) is 14.3 Å². The lowest BCUT2D eigenvalue weighted by Crippen LogP contribution is -2.34. The molecule has 0 N–H and O–H groups in total. The molecule has 80 valence electrons. The number of carbonyl (C=O) groups excluding carboxylic acids is 2. The average Bonchev–Trinajstić information content (AvgIpc) is 2.26. The molecule has 0 aromatic heterocycles. The van der Waals surface area contributed by atoms with E-state index < -0.39 is 5.97 Å². The summed E-state index contributed by atoms with van der Waals surface area (Å²) in [6, 6.07) is 9.00. The Balaban J connectivity index is 2.84. The van der Waals surface area contributed by atoms with Gasteiger partial charge >= 0.3 is 5.97 Å². The molecule has 0 atom stereocenters. The summed E-state index contributed by atoms with van der Waals surface area (Å²) >= 11 is 0. The van der Waals surface area contributed by atoms with Gasteiger partial charge in [-0.25, -0.2) is 0 Å². The first kappa shape index (κ1) is 11.2. The van der Waals surface area contributed by atoms with Crippen molar-refractivity contribution in [2.24, 2.45) is 0 Å². The molecule has 0 heterocycles. The molecule has 0 unspecified atom stereocenters. The standard InChI is InChI=1S/C11H13NO3/c1-9(13)12(8-11(14)15-2)10-6-4-3-5-7-10/h3-7H,8H2,1-2H3. The maximum atomic E-state index is 11.3. The fraction of sp³-hybridized carbons (Fsp3) is 0.273. The van der Waals surface area contributed by atoms with Crippen LogP contribution >= 0.6 is 0 Å². The highest BCUT2D eigenvalue weighted by atomic mass is 16.5. The first-order valence-electron chi connectivity index (χ1n) is 4.55. The highest BCUT2D eigenvalue weighted by Gasteiger charge is 2.15. The molecule has 0 saturated carbocycles. The van der Waals surface area contributed by atoms with E-state index in [0.29, 0.717) is 5.69 Å². The number of esters is 1. The highest BCUT2D eigenvalue weighted by Crippen LogP contribution is 2.12. The predicted octanol–water partition coefficient (Wildman–Crippen LogP) is 1.21. The van der Waals surface area contributed by atoms with Gasteiger partial charge in [-0.15, -0.1) is 0 Å². The van der Waals surface area contributed by atoms with Crippen LogP contribution in [0.1, 0.15) is 6.92 Å². The Morgan fingerprint density at radius 3 is 2.33 bits per heavy atom. The fourth-order valence-electron chi connectivity index (χ4n) is 1.19.